The molecule has 0 unspecified atom stereocenters. The first-order valence-corrected chi connectivity index (χ1v) is 7.39. The molecule has 0 atom stereocenters. The SMILES string of the molecule is FC(F)Cn1cc(NCc2ccc(-c3ccccc3)cc2)cn1. The highest BCUT2D eigenvalue weighted by atomic mass is 19.3. The normalized spacial score (nSPS) is 10.9. The maximum atomic E-state index is 12.3. The van der Waals surface area contributed by atoms with Gasteiger partial charge in [-0.25, -0.2) is 8.78 Å². The predicted octanol–water partition coefficient (Wildman–Crippen LogP) is 4.43. The number of alkyl halides is 2. The van der Waals surface area contributed by atoms with Crippen LogP contribution < -0.4 is 5.32 Å². The lowest BCUT2D eigenvalue weighted by Crippen LogP contribution is -2.06. The molecule has 3 nitrogen and oxygen atoms in total. The molecule has 3 aromatic rings. The van der Waals surface area contributed by atoms with Gasteiger partial charge < -0.3 is 5.32 Å². The van der Waals surface area contributed by atoms with Crippen LogP contribution in [0.2, 0.25) is 0 Å². The maximum absolute atomic E-state index is 12.3. The molecule has 1 heterocycles. The third-order valence-electron chi connectivity index (χ3n) is 3.52. The van der Waals surface area contributed by atoms with E-state index >= 15 is 0 Å². The molecule has 1 N–H and O–H groups in total. The number of aromatic nitrogens is 2. The zero-order valence-corrected chi connectivity index (χ0v) is 12.5. The first-order valence-electron chi connectivity index (χ1n) is 7.39. The van der Waals surface area contributed by atoms with Crippen molar-refractivity contribution in [1.29, 1.82) is 0 Å². The van der Waals surface area contributed by atoms with Gasteiger partial charge in [0.25, 0.3) is 6.43 Å². The second-order valence-electron chi connectivity index (χ2n) is 5.26. The van der Waals surface area contributed by atoms with Gasteiger partial charge in [0.05, 0.1) is 11.9 Å². The van der Waals surface area contributed by atoms with E-state index in [0.717, 1.165) is 11.3 Å². The smallest absolute Gasteiger partial charge is 0.257 e. The molecule has 0 spiro atoms. The third-order valence-corrected chi connectivity index (χ3v) is 3.52. The number of hydrogen-bond acceptors (Lipinski definition) is 2. The fourth-order valence-corrected chi connectivity index (χ4v) is 2.35. The lowest BCUT2D eigenvalue weighted by Gasteiger charge is -2.06. The molecule has 0 aliphatic heterocycles. The number of anilines is 1. The van der Waals surface area contributed by atoms with E-state index in [1.54, 1.807) is 12.4 Å². The first kappa shape index (κ1) is 15.2. The van der Waals surface area contributed by atoms with Crippen LogP contribution >= 0.6 is 0 Å². The molecule has 0 saturated carbocycles. The minimum atomic E-state index is -2.40. The lowest BCUT2D eigenvalue weighted by molar-refractivity contribution is 0.122. The van der Waals surface area contributed by atoms with Crippen molar-refractivity contribution in [1.82, 2.24) is 9.78 Å². The molecule has 118 valence electrons. The Balaban J connectivity index is 1.59. The Bertz CT molecular complexity index is 736. The summed E-state index contributed by atoms with van der Waals surface area (Å²) in [6.45, 7) is 0.239. The molecule has 0 aliphatic carbocycles. The van der Waals surface area contributed by atoms with Crippen molar-refractivity contribution in [2.75, 3.05) is 5.32 Å². The molecule has 23 heavy (non-hydrogen) atoms. The van der Waals surface area contributed by atoms with Crippen molar-refractivity contribution >= 4 is 5.69 Å². The van der Waals surface area contributed by atoms with Gasteiger partial charge in [0, 0.05) is 12.7 Å². The van der Waals surface area contributed by atoms with E-state index in [9.17, 15) is 8.78 Å². The zero-order chi connectivity index (χ0) is 16.1. The molecule has 0 amide bonds. The molecule has 1 aromatic heterocycles. The van der Waals surface area contributed by atoms with E-state index in [1.165, 1.54) is 15.8 Å². The Hall–Kier alpha value is -2.69. The summed E-state index contributed by atoms with van der Waals surface area (Å²) >= 11 is 0. The van der Waals surface area contributed by atoms with E-state index in [-0.39, 0.29) is 6.54 Å². The average Bonchev–Trinajstić information content (AvgIpc) is 3.01. The van der Waals surface area contributed by atoms with Gasteiger partial charge in [-0.15, -0.1) is 0 Å². The van der Waals surface area contributed by atoms with Crippen molar-refractivity contribution in [3.05, 3.63) is 72.6 Å². The van der Waals surface area contributed by atoms with Gasteiger partial charge in [0.15, 0.2) is 0 Å². The Morgan fingerprint density at radius 2 is 1.65 bits per heavy atom. The predicted molar refractivity (Wildman–Crippen MR) is 87.4 cm³/mol. The summed E-state index contributed by atoms with van der Waals surface area (Å²) in [6, 6.07) is 18.4. The van der Waals surface area contributed by atoms with Gasteiger partial charge in [-0.2, -0.15) is 5.10 Å². The summed E-state index contributed by atoms with van der Waals surface area (Å²) in [7, 11) is 0. The van der Waals surface area contributed by atoms with Crippen molar-refractivity contribution < 1.29 is 8.78 Å². The molecule has 5 heteroatoms. The van der Waals surface area contributed by atoms with Crippen molar-refractivity contribution in [3.63, 3.8) is 0 Å². The fraction of sp³-hybridized carbons (Fsp3) is 0.167. The molecule has 2 aromatic carbocycles. The number of rotatable bonds is 6. The van der Waals surface area contributed by atoms with Crippen molar-refractivity contribution in [2.24, 2.45) is 0 Å². The van der Waals surface area contributed by atoms with Crippen LogP contribution in [0, 0.1) is 0 Å². The standard InChI is InChI=1S/C18H17F2N3/c19-18(20)13-23-12-17(11-22-23)21-10-14-6-8-16(9-7-14)15-4-2-1-3-5-15/h1-9,11-12,18,21H,10,13H2. The van der Waals surface area contributed by atoms with Gasteiger partial charge in [-0.1, -0.05) is 54.6 Å². The van der Waals surface area contributed by atoms with E-state index < -0.39 is 6.43 Å². The number of nitrogens with zero attached hydrogens (tertiary/aromatic N) is 2. The zero-order valence-electron chi connectivity index (χ0n) is 12.5. The monoisotopic (exact) mass is 313 g/mol. The summed E-state index contributed by atoms with van der Waals surface area (Å²) in [5, 5.41) is 7.08. The number of nitrogens with one attached hydrogen (secondary N) is 1. The van der Waals surface area contributed by atoms with Crippen LogP contribution in [0.5, 0.6) is 0 Å². The molecule has 3 rings (SSSR count). The van der Waals surface area contributed by atoms with Gasteiger partial charge in [-0.3, -0.25) is 4.68 Å². The van der Waals surface area contributed by atoms with Gasteiger partial charge in [-0.05, 0) is 16.7 Å². The second kappa shape index (κ2) is 7.05. The van der Waals surface area contributed by atoms with E-state index in [1.807, 2.05) is 18.2 Å². The van der Waals surface area contributed by atoms with Crippen LogP contribution in [0.25, 0.3) is 11.1 Å². The molecule has 0 radical (unpaired) electrons. The van der Waals surface area contributed by atoms with E-state index in [0.29, 0.717) is 6.54 Å². The van der Waals surface area contributed by atoms with Gasteiger partial charge >= 0.3 is 0 Å². The van der Waals surface area contributed by atoms with Crippen LogP contribution in [0.3, 0.4) is 0 Å². The fourth-order valence-electron chi connectivity index (χ4n) is 2.35. The largest absolute Gasteiger partial charge is 0.378 e. The first-order chi connectivity index (χ1) is 11.2. The minimum absolute atomic E-state index is 0.381. The molecular formula is C18H17F2N3. The number of halogens is 2. The summed E-state index contributed by atoms with van der Waals surface area (Å²) in [5.41, 5.74) is 4.20. The summed E-state index contributed by atoms with van der Waals surface area (Å²) in [5.74, 6) is 0. The Kier molecular flexibility index (Phi) is 4.66. The number of hydrogen-bond donors (Lipinski definition) is 1. The van der Waals surface area contributed by atoms with Crippen LogP contribution in [0.4, 0.5) is 14.5 Å². The van der Waals surface area contributed by atoms with Crippen molar-refractivity contribution in [3.8, 4) is 11.1 Å². The maximum Gasteiger partial charge on any atom is 0.257 e. The van der Waals surface area contributed by atoms with Crippen LogP contribution in [-0.2, 0) is 13.1 Å². The Morgan fingerprint density at radius 1 is 0.957 bits per heavy atom. The lowest BCUT2D eigenvalue weighted by atomic mass is 10.0. The van der Waals surface area contributed by atoms with Crippen molar-refractivity contribution in [2.45, 2.75) is 19.5 Å². The van der Waals surface area contributed by atoms with Gasteiger partial charge in [0.1, 0.15) is 6.54 Å². The molecule has 0 saturated heterocycles. The minimum Gasteiger partial charge on any atom is -0.378 e. The highest BCUT2D eigenvalue weighted by Gasteiger charge is 2.05. The summed E-state index contributed by atoms with van der Waals surface area (Å²) < 4.78 is 25.8. The summed E-state index contributed by atoms with van der Waals surface area (Å²) in [6.07, 6.45) is 0.749. The molecular weight excluding hydrogens is 296 g/mol. The van der Waals surface area contributed by atoms with Gasteiger partial charge in [0.2, 0.25) is 0 Å². The topological polar surface area (TPSA) is 29.9 Å². The highest BCUT2D eigenvalue weighted by Crippen LogP contribution is 2.19. The number of benzene rings is 2. The highest BCUT2D eigenvalue weighted by molar-refractivity contribution is 5.63. The van der Waals surface area contributed by atoms with E-state index in [2.05, 4.69) is 46.8 Å². The van der Waals surface area contributed by atoms with E-state index in [4.69, 9.17) is 0 Å². The average molecular weight is 313 g/mol. The molecule has 0 bridgehead atoms. The second-order valence-corrected chi connectivity index (χ2v) is 5.26. The Morgan fingerprint density at radius 3 is 2.35 bits per heavy atom. The molecule has 0 fully saturated rings. The Labute approximate surface area is 133 Å². The van der Waals surface area contributed by atoms with Crippen LogP contribution in [0.1, 0.15) is 5.56 Å². The third kappa shape index (κ3) is 4.16. The quantitative estimate of drug-likeness (QED) is 0.729. The summed E-state index contributed by atoms with van der Waals surface area (Å²) in [4.78, 5) is 0. The molecule has 0 aliphatic rings. The van der Waals surface area contributed by atoms with Crippen LogP contribution in [0.15, 0.2) is 67.0 Å². The van der Waals surface area contributed by atoms with Crippen LogP contribution in [-0.4, -0.2) is 16.2 Å².